The number of aliphatic hydroxyl groups is 1. The Kier molecular flexibility index (Phi) is 3.87. The molecule has 0 aliphatic heterocycles. The topological polar surface area (TPSA) is 41.5 Å². The fourth-order valence-electron chi connectivity index (χ4n) is 5.45. The minimum atomic E-state index is -0.428. The van der Waals surface area contributed by atoms with E-state index in [2.05, 4.69) is 5.32 Å². The Labute approximate surface area is 133 Å². The van der Waals surface area contributed by atoms with Crippen LogP contribution in [0.15, 0.2) is 24.3 Å². The molecule has 3 heteroatoms. The highest BCUT2D eigenvalue weighted by Crippen LogP contribution is 2.53. The van der Waals surface area contributed by atoms with Crippen LogP contribution in [-0.2, 0) is 0 Å². The van der Waals surface area contributed by atoms with Gasteiger partial charge in [0.2, 0.25) is 0 Å². The van der Waals surface area contributed by atoms with Crippen LogP contribution in [-0.4, -0.2) is 24.8 Å². The highest BCUT2D eigenvalue weighted by molar-refractivity contribution is 5.28. The molecule has 4 bridgehead atoms. The molecule has 1 aromatic rings. The highest BCUT2D eigenvalue weighted by atomic mass is 16.5. The predicted octanol–water partition coefficient (Wildman–Crippen LogP) is 3.14. The molecule has 0 amide bonds. The van der Waals surface area contributed by atoms with Gasteiger partial charge in [-0.3, -0.25) is 0 Å². The molecule has 1 unspecified atom stereocenters. The van der Waals surface area contributed by atoms with Gasteiger partial charge >= 0.3 is 0 Å². The lowest BCUT2D eigenvalue weighted by atomic mass is 9.54. The molecule has 4 aliphatic rings. The zero-order valence-electron chi connectivity index (χ0n) is 13.4. The van der Waals surface area contributed by atoms with Gasteiger partial charge in [-0.1, -0.05) is 12.1 Å². The van der Waals surface area contributed by atoms with E-state index in [1.165, 1.54) is 32.1 Å². The van der Waals surface area contributed by atoms with Gasteiger partial charge in [0.15, 0.2) is 0 Å². The summed E-state index contributed by atoms with van der Waals surface area (Å²) >= 11 is 0. The SMILES string of the molecule is COc1ccc(C(O)CNC2C3CC4CC(C3)CC2C4)cc1. The van der Waals surface area contributed by atoms with Crippen LogP contribution in [0.4, 0.5) is 0 Å². The quantitative estimate of drug-likeness (QED) is 0.878. The molecule has 0 spiro atoms. The van der Waals surface area contributed by atoms with Gasteiger partial charge in [-0.25, -0.2) is 0 Å². The predicted molar refractivity (Wildman–Crippen MR) is 86.8 cm³/mol. The maximum Gasteiger partial charge on any atom is 0.118 e. The molecule has 5 rings (SSSR count). The lowest BCUT2D eigenvalue weighted by Crippen LogP contribution is -2.55. The molecule has 4 aliphatic carbocycles. The average Bonchev–Trinajstić information content (AvgIpc) is 2.53. The zero-order chi connectivity index (χ0) is 15.1. The van der Waals surface area contributed by atoms with Crippen LogP contribution in [0, 0.1) is 23.7 Å². The molecule has 0 heterocycles. The van der Waals surface area contributed by atoms with E-state index in [4.69, 9.17) is 4.74 Å². The Bertz CT molecular complexity index is 485. The monoisotopic (exact) mass is 301 g/mol. The molecule has 4 fully saturated rings. The molecule has 4 saturated carbocycles. The van der Waals surface area contributed by atoms with Crippen molar-refractivity contribution in [3.63, 3.8) is 0 Å². The first-order chi connectivity index (χ1) is 10.7. The molecule has 0 radical (unpaired) electrons. The summed E-state index contributed by atoms with van der Waals surface area (Å²) in [6.07, 6.45) is 6.75. The molecule has 2 N–H and O–H groups in total. The molecule has 0 aromatic heterocycles. The smallest absolute Gasteiger partial charge is 0.118 e. The Morgan fingerprint density at radius 1 is 1.05 bits per heavy atom. The van der Waals surface area contributed by atoms with Crippen molar-refractivity contribution >= 4 is 0 Å². The minimum Gasteiger partial charge on any atom is -0.497 e. The van der Waals surface area contributed by atoms with Crippen molar-refractivity contribution in [2.24, 2.45) is 23.7 Å². The lowest BCUT2D eigenvalue weighted by Gasteiger charge is -2.54. The summed E-state index contributed by atoms with van der Waals surface area (Å²) in [5, 5.41) is 14.1. The van der Waals surface area contributed by atoms with Gasteiger partial charge in [-0.2, -0.15) is 0 Å². The number of nitrogens with one attached hydrogen (secondary N) is 1. The highest BCUT2D eigenvalue weighted by Gasteiger charge is 2.47. The summed E-state index contributed by atoms with van der Waals surface area (Å²) in [6.45, 7) is 0.666. The summed E-state index contributed by atoms with van der Waals surface area (Å²) in [4.78, 5) is 0. The van der Waals surface area contributed by atoms with E-state index in [1.807, 2.05) is 24.3 Å². The van der Waals surface area contributed by atoms with E-state index < -0.39 is 6.10 Å². The average molecular weight is 301 g/mol. The van der Waals surface area contributed by atoms with Crippen molar-refractivity contribution in [1.29, 1.82) is 0 Å². The van der Waals surface area contributed by atoms with Gasteiger partial charge < -0.3 is 15.2 Å². The second-order valence-corrected chi connectivity index (χ2v) is 7.65. The summed E-state index contributed by atoms with van der Waals surface area (Å²) in [5.74, 6) is 4.57. The molecule has 120 valence electrons. The number of hydrogen-bond acceptors (Lipinski definition) is 3. The van der Waals surface area contributed by atoms with Crippen LogP contribution in [0.25, 0.3) is 0 Å². The van der Waals surface area contributed by atoms with E-state index in [0.29, 0.717) is 12.6 Å². The van der Waals surface area contributed by atoms with Crippen LogP contribution in [0.1, 0.15) is 43.8 Å². The first kappa shape index (κ1) is 14.5. The van der Waals surface area contributed by atoms with Gasteiger partial charge in [-0.15, -0.1) is 0 Å². The summed E-state index contributed by atoms with van der Waals surface area (Å²) < 4.78 is 5.17. The fourth-order valence-corrected chi connectivity index (χ4v) is 5.45. The van der Waals surface area contributed by atoms with Crippen LogP contribution in [0.2, 0.25) is 0 Å². The van der Waals surface area contributed by atoms with E-state index >= 15 is 0 Å². The van der Waals surface area contributed by atoms with Crippen molar-refractivity contribution in [3.05, 3.63) is 29.8 Å². The summed E-state index contributed by atoms with van der Waals surface area (Å²) in [7, 11) is 1.67. The Morgan fingerprint density at radius 3 is 2.18 bits per heavy atom. The number of methoxy groups -OCH3 is 1. The fraction of sp³-hybridized carbons (Fsp3) is 0.684. The third-order valence-corrected chi connectivity index (χ3v) is 6.27. The molecule has 3 nitrogen and oxygen atoms in total. The maximum atomic E-state index is 10.4. The largest absolute Gasteiger partial charge is 0.497 e. The van der Waals surface area contributed by atoms with Gasteiger partial charge in [0, 0.05) is 12.6 Å². The molecule has 1 aromatic carbocycles. The third-order valence-electron chi connectivity index (χ3n) is 6.27. The van der Waals surface area contributed by atoms with E-state index in [9.17, 15) is 5.11 Å². The number of hydrogen-bond donors (Lipinski definition) is 2. The molecule has 1 atom stereocenters. The van der Waals surface area contributed by atoms with Crippen LogP contribution >= 0.6 is 0 Å². The van der Waals surface area contributed by atoms with E-state index in [-0.39, 0.29) is 0 Å². The van der Waals surface area contributed by atoms with Gasteiger partial charge in [0.1, 0.15) is 5.75 Å². The molecule has 0 saturated heterocycles. The maximum absolute atomic E-state index is 10.4. The Balaban J connectivity index is 1.36. The van der Waals surface area contributed by atoms with Crippen molar-refractivity contribution in [3.8, 4) is 5.75 Å². The van der Waals surface area contributed by atoms with Crippen molar-refractivity contribution < 1.29 is 9.84 Å². The second-order valence-electron chi connectivity index (χ2n) is 7.65. The third kappa shape index (κ3) is 2.65. The molecular formula is C19H27NO2. The van der Waals surface area contributed by atoms with Crippen molar-refractivity contribution in [1.82, 2.24) is 5.32 Å². The van der Waals surface area contributed by atoms with Crippen molar-refractivity contribution in [2.75, 3.05) is 13.7 Å². The first-order valence-corrected chi connectivity index (χ1v) is 8.78. The van der Waals surface area contributed by atoms with Gasteiger partial charge in [0.25, 0.3) is 0 Å². The minimum absolute atomic E-state index is 0.428. The Morgan fingerprint density at radius 2 is 1.64 bits per heavy atom. The van der Waals surface area contributed by atoms with Crippen molar-refractivity contribution in [2.45, 2.75) is 44.2 Å². The first-order valence-electron chi connectivity index (χ1n) is 8.78. The van der Waals surface area contributed by atoms with Gasteiger partial charge in [0.05, 0.1) is 13.2 Å². The standard InChI is InChI=1S/C19H27NO2/c1-22-17-4-2-14(3-5-17)18(21)11-20-19-15-7-12-6-13(9-15)10-16(19)8-12/h2-5,12-13,15-16,18-21H,6-11H2,1H3. The molecule has 22 heavy (non-hydrogen) atoms. The van der Waals surface area contributed by atoms with E-state index in [1.54, 1.807) is 7.11 Å². The number of benzene rings is 1. The summed E-state index contributed by atoms with van der Waals surface area (Å²) in [6, 6.07) is 8.40. The van der Waals surface area contributed by atoms with Crippen LogP contribution in [0.3, 0.4) is 0 Å². The van der Waals surface area contributed by atoms with Crippen LogP contribution < -0.4 is 10.1 Å². The number of aliphatic hydroxyl groups excluding tert-OH is 1. The van der Waals surface area contributed by atoms with Crippen LogP contribution in [0.5, 0.6) is 5.75 Å². The number of rotatable bonds is 5. The second kappa shape index (κ2) is 5.86. The van der Waals surface area contributed by atoms with Gasteiger partial charge in [-0.05, 0) is 73.5 Å². The normalized spacial score (nSPS) is 37.3. The Hall–Kier alpha value is -1.06. The summed E-state index contributed by atoms with van der Waals surface area (Å²) in [5.41, 5.74) is 0.970. The number of ether oxygens (including phenoxy) is 1. The lowest BCUT2D eigenvalue weighted by molar-refractivity contribution is -0.0173. The zero-order valence-corrected chi connectivity index (χ0v) is 13.4. The van der Waals surface area contributed by atoms with E-state index in [0.717, 1.165) is 35.0 Å². The molecular weight excluding hydrogens is 274 g/mol.